The van der Waals surface area contributed by atoms with E-state index in [9.17, 15) is 4.79 Å². The Morgan fingerprint density at radius 2 is 2.40 bits per heavy atom. The molecule has 1 aromatic heterocycles. The first-order chi connectivity index (χ1) is 7.19. The molecule has 4 nitrogen and oxygen atoms in total. The van der Waals surface area contributed by atoms with Crippen molar-refractivity contribution in [3.8, 4) is 0 Å². The summed E-state index contributed by atoms with van der Waals surface area (Å²) in [6.45, 7) is 2.10. The van der Waals surface area contributed by atoms with Gasteiger partial charge in [0.05, 0.1) is 11.3 Å². The van der Waals surface area contributed by atoms with Crippen LogP contribution in [-0.4, -0.2) is 22.6 Å². The highest BCUT2D eigenvalue weighted by atomic mass is 16.3. The number of primary amides is 1. The fraction of sp³-hybridized carbons (Fsp3) is 0.455. The Morgan fingerprint density at radius 1 is 1.67 bits per heavy atom. The highest BCUT2D eigenvalue weighted by Gasteiger charge is 2.13. The van der Waals surface area contributed by atoms with Crippen LogP contribution in [0.4, 0.5) is 0 Å². The van der Waals surface area contributed by atoms with Gasteiger partial charge >= 0.3 is 0 Å². The summed E-state index contributed by atoms with van der Waals surface area (Å²) in [6, 6.07) is 3.35. The maximum atomic E-state index is 11.1. The fourth-order valence-electron chi connectivity index (χ4n) is 1.44. The number of carbonyl (C=O) groups is 1. The third kappa shape index (κ3) is 3.02. The molecule has 0 radical (unpaired) electrons. The highest BCUT2D eigenvalue weighted by Crippen LogP contribution is 2.13. The van der Waals surface area contributed by atoms with Crippen LogP contribution in [0, 0.1) is 5.92 Å². The molecule has 0 saturated heterocycles. The van der Waals surface area contributed by atoms with Crippen LogP contribution in [0.1, 0.15) is 29.4 Å². The van der Waals surface area contributed by atoms with Crippen molar-refractivity contribution in [2.45, 2.75) is 19.8 Å². The predicted octanol–water partition coefficient (Wildman–Crippen LogP) is 0.742. The third-order valence-electron chi connectivity index (χ3n) is 2.47. The summed E-state index contributed by atoms with van der Waals surface area (Å²) in [6.07, 6.45) is 3.07. The molecule has 0 aromatic carbocycles. The molecule has 0 saturated carbocycles. The van der Waals surface area contributed by atoms with Gasteiger partial charge in [0.1, 0.15) is 0 Å². The highest BCUT2D eigenvalue weighted by molar-refractivity contribution is 5.93. The van der Waals surface area contributed by atoms with Crippen LogP contribution in [0.3, 0.4) is 0 Å². The summed E-state index contributed by atoms with van der Waals surface area (Å²) < 4.78 is 0. The van der Waals surface area contributed by atoms with Gasteiger partial charge in [-0.3, -0.25) is 9.78 Å². The zero-order chi connectivity index (χ0) is 11.3. The fourth-order valence-corrected chi connectivity index (χ4v) is 1.44. The second kappa shape index (κ2) is 5.46. The van der Waals surface area contributed by atoms with E-state index >= 15 is 0 Å². The Balaban J connectivity index is 2.88. The van der Waals surface area contributed by atoms with Crippen LogP contribution in [0.25, 0.3) is 0 Å². The van der Waals surface area contributed by atoms with E-state index in [0.29, 0.717) is 17.7 Å². The SMILES string of the molecule is CCC(CO)Cc1ncccc1C(N)=O. The van der Waals surface area contributed by atoms with Crippen LogP contribution in [-0.2, 0) is 6.42 Å². The maximum absolute atomic E-state index is 11.1. The summed E-state index contributed by atoms with van der Waals surface area (Å²) in [5, 5.41) is 9.07. The molecule has 0 aliphatic carbocycles. The number of carbonyl (C=O) groups excluding carboxylic acids is 1. The number of pyridine rings is 1. The van der Waals surface area contributed by atoms with Gasteiger partial charge in [0.25, 0.3) is 5.91 Å². The van der Waals surface area contributed by atoms with E-state index in [1.54, 1.807) is 18.3 Å². The quantitative estimate of drug-likeness (QED) is 0.749. The molecule has 0 aliphatic rings. The number of aliphatic hydroxyl groups is 1. The molecule has 0 aliphatic heterocycles. The van der Waals surface area contributed by atoms with Crippen molar-refractivity contribution in [3.05, 3.63) is 29.6 Å². The van der Waals surface area contributed by atoms with Gasteiger partial charge in [-0.1, -0.05) is 13.3 Å². The molecule has 0 bridgehead atoms. The first-order valence-electron chi connectivity index (χ1n) is 5.03. The predicted molar refractivity (Wildman–Crippen MR) is 57.3 cm³/mol. The Labute approximate surface area is 89.1 Å². The number of rotatable bonds is 5. The number of hydrogen-bond acceptors (Lipinski definition) is 3. The van der Waals surface area contributed by atoms with Gasteiger partial charge in [-0.05, 0) is 24.5 Å². The van der Waals surface area contributed by atoms with Crippen LogP contribution in [0.15, 0.2) is 18.3 Å². The average molecular weight is 208 g/mol. The number of hydrogen-bond donors (Lipinski definition) is 2. The lowest BCUT2D eigenvalue weighted by Gasteiger charge is -2.12. The van der Waals surface area contributed by atoms with Crippen LogP contribution in [0.2, 0.25) is 0 Å². The summed E-state index contributed by atoms with van der Waals surface area (Å²) in [5.74, 6) is -0.330. The van der Waals surface area contributed by atoms with Crippen molar-refractivity contribution in [2.24, 2.45) is 11.7 Å². The molecule has 4 heteroatoms. The molecule has 1 heterocycles. The van der Waals surface area contributed by atoms with Gasteiger partial charge in [0.15, 0.2) is 0 Å². The summed E-state index contributed by atoms with van der Waals surface area (Å²) >= 11 is 0. The van der Waals surface area contributed by atoms with Crippen molar-refractivity contribution < 1.29 is 9.90 Å². The van der Waals surface area contributed by atoms with Gasteiger partial charge in [0, 0.05) is 12.8 Å². The largest absolute Gasteiger partial charge is 0.396 e. The van der Waals surface area contributed by atoms with Crippen molar-refractivity contribution >= 4 is 5.91 Å². The zero-order valence-electron chi connectivity index (χ0n) is 8.81. The first-order valence-corrected chi connectivity index (χ1v) is 5.03. The minimum atomic E-state index is -0.467. The number of amides is 1. The number of nitrogens with two attached hydrogens (primary N) is 1. The Hall–Kier alpha value is -1.42. The van der Waals surface area contributed by atoms with Crippen LogP contribution >= 0.6 is 0 Å². The second-order valence-corrected chi connectivity index (χ2v) is 3.52. The molecule has 0 spiro atoms. The average Bonchev–Trinajstić information content (AvgIpc) is 2.26. The molecule has 1 amide bonds. The third-order valence-corrected chi connectivity index (χ3v) is 2.47. The molecular formula is C11H16N2O2. The zero-order valence-corrected chi connectivity index (χ0v) is 8.81. The molecule has 1 unspecified atom stereocenters. The van der Waals surface area contributed by atoms with Gasteiger partial charge < -0.3 is 10.8 Å². The van der Waals surface area contributed by atoms with Crippen LogP contribution < -0.4 is 5.73 Å². The van der Waals surface area contributed by atoms with Crippen molar-refractivity contribution in [3.63, 3.8) is 0 Å². The second-order valence-electron chi connectivity index (χ2n) is 3.52. The molecule has 15 heavy (non-hydrogen) atoms. The monoisotopic (exact) mass is 208 g/mol. The van der Waals surface area contributed by atoms with Crippen molar-refractivity contribution in [1.29, 1.82) is 0 Å². The van der Waals surface area contributed by atoms with Gasteiger partial charge in [0.2, 0.25) is 0 Å². The topological polar surface area (TPSA) is 76.2 Å². The Morgan fingerprint density at radius 3 is 2.93 bits per heavy atom. The van der Waals surface area contributed by atoms with E-state index in [2.05, 4.69) is 4.98 Å². The number of aromatic nitrogens is 1. The molecule has 0 fully saturated rings. The molecular weight excluding hydrogens is 192 g/mol. The molecule has 1 atom stereocenters. The lowest BCUT2D eigenvalue weighted by molar-refractivity contribution is 0.0998. The van der Waals surface area contributed by atoms with E-state index in [1.807, 2.05) is 6.92 Å². The summed E-state index contributed by atoms with van der Waals surface area (Å²) in [4.78, 5) is 15.2. The minimum Gasteiger partial charge on any atom is -0.396 e. The molecule has 1 rings (SSSR count). The van der Waals surface area contributed by atoms with E-state index in [4.69, 9.17) is 10.8 Å². The molecule has 1 aromatic rings. The van der Waals surface area contributed by atoms with E-state index in [1.165, 1.54) is 0 Å². The minimum absolute atomic E-state index is 0.102. The smallest absolute Gasteiger partial charge is 0.250 e. The number of aliphatic hydroxyl groups excluding tert-OH is 1. The molecule has 82 valence electrons. The summed E-state index contributed by atoms with van der Waals surface area (Å²) in [7, 11) is 0. The molecule has 3 N–H and O–H groups in total. The maximum Gasteiger partial charge on any atom is 0.250 e. The van der Waals surface area contributed by atoms with E-state index < -0.39 is 5.91 Å². The lowest BCUT2D eigenvalue weighted by atomic mass is 9.98. The normalized spacial score (nSPS) is 12.4. The standard InChI is InChI=1S/C11H16N2O2/c1-2-8(7-14)6-10-9(11(12)15)4-3-5-13-10/h3-5,8,14H,2,6-7H2,1H3,(H2,12,15). The van der Waals surface area contributed by atoms with E-state index in [0.717, 1.165) is 6.42 Å². The first kappa shape index (κ1) is 11.7. The van der Waals surface area contributed by atoms with Gasteiger partial charge in [-0.2, -0.15) is 0 Å². The van der Waals surface area contributed by atoms with Crippen molar-refractivity contribution in [2.75, 3.05) is 6.61 Å². The lowest BCUT2D eigenvalue weighted by Crippen LogP contribution is -2.17. The number of nitrogens with zero attached hydrogens (tertiary/aromatic N) is 1. The Bertz CT molecular complexity index is 335. The summed E-state index contributed by atoms with van der Waals surface area (Å²) in [5.41, 5.74) is 6.35. The Kier molecular flexibility index (Phi) is 4.24. The van der Waals surface area contributed by atoms with Crippen LogP contribution in [0.5, 0.6) is 0 Å². The van der Waals surface area contributed by atoms with Gasteiger partial charge in [-0.15, -0.1) is 0 Å². The van der Waals surface area contributed by atoms with Gasteiger partial charge in [-0.25, -0.2) is 0 Å². The van der Waals surface area contributed by atoms with Crippen molar-refractivity contribution in [1.82, 2.24) is 4.98 Å². The van der Waals surface area contributed by atoms with E-state index in [-0.39, 0.29) is 12.5 Å².